The summed E-state index contributed by atoms with van der Waals surface area (Å²) in [6, 6.07) is 6.64. The Morgan fingerprint density at radius 3 is 2.85 bits per heavy atom. The molecule has 0 spiro atoms. The molecule has 0 amide bonds. The maximum absolute atomic E-state index is 13.9. The molecule has 0 fully saturated rings. The summed E-state index contributed by atoms with van der Waals surface area (Å²) >= 11 is 4.68. The lowest BCUT2D eigenvalue weighted by Gasteiger charge is -2.09. The predicted octanol–water partition coefficient (Wildman–Crippen LogP) is 3.62. The van der Waals surface area contributed by atoms with Crippen molar-refractivity contribution in [3.63, 3.8) is 0 Å². The van der Waals surface area contributed by atoms with Crippen LogP contribution in [0.25, 0.3) is 10.2 Å². The fourth-order valence-corrected chi connectivity index (χ4v) is 2.83. The lowest BCUT2D eigenvalue weighted by atomic mass is 10.3. The van der Waals surface area contributed by atoms with Gasteiger partial charge in [0.15, 0.2) is 0 Å². The smallest absolute Gasteiger partial charge is 0.240 e. The normalized spacial score (nSPS) is 10.8. The third-order valence-corrected chi connectivity index (χ3v) is 3.94. The van der Waals surface area contributed by atoms with E-state index in [-0.39, 0.29) is 11.8 Å². The molecule has 2 aromatic heterocycles. The zero-order chi connectivity index (χ0) is 14.1. The van der Waals surface area contributed by atoms with Crippen LogP contribution in [0, 0.1) is 5.82 Å². The highest BCUT2D eigenvalue weighted by atomic mass is 79.9. The zero-order valence-corrected chi connectivity index (χ0v) is 12.4. The van der Waals surface area contributed by atoms with Gasteiger partial charge in [0.25, 0.3) is 0 Å². The SMILES string of the molecule is NNc1nc(Nc2ccc(Br)cc2F)c2ccsc2n1. The average Bonchev–Trinajstić information content (AvgIpc) is 2.90. The summed E-state index contributed by atoms with van der Waals surface area (Å²) in [5.41, 5.74) is 2.74. The molecular weight excluding hydrogens is 345 g/mol. The minimum absolute atomic E-state index is 0.278. The van der Waals surface area contributed by atoms with Crippen molar-refractivity contribution in [1.29, 1.82) is 0 Å². The summed E-state index contributed by atoms with van der Waals surface area (Å²) < 4.78 is 14.5. The molecular formula is C12H9BrFN5S. The van der Waals surface area contributed by atoms with Crippen LogP contribution in [-0.2, 0) is 0 Å². The number of halogens is 2. The van der Waals surface area contributed by atoms with Gasteiger partial charge in [0, 0.05) is 4.47 Å². The second-order valence-electron chi connectivity index (χ2n) is 3.93. The van der Waals surface area contributed by atoms with Crippen LogP contribution in [0.1, 0.15) is 0 Å². The molecule has 0 unspecified atom stereocenters. The van der Waals surface area contributed by atoms with Gasteiger partial charge in [0.2, 0.25) is 5.95 Å². The Labute approximate surface area is 126 Å². The number of benzene rings is 1. The van der Waals surface area contributed by atoms with Gasteiger partial charge in [-0.3, -0.25) is 5.43 Å². The first-order valence-corrected chi connectivity index (χ1v) is 7.28. The van der Waals surface area contributed by atoms with Crippen LogP contribution in [0.2, 0.25) is 0 Å². The van der Waals surface area contributed by atoms with E-state index in [2.05, 4.69) is 36.6 Å². The summed E-state index contributed by atoms with van der Waals surface area (Å²) in [5, 5.41) is 5.68. The number of rotatable bonds is 3. The average molecular weight is 354 g/mol. The molecule has 0 atom stereocenters. The third-order valence-electron chi connectivity index (χ3n) is 2.64. The van der Waals surface area contributed by atoms with Gasteiger partial charge in [-0.05, 0) is 29.6 Å². The molecule has 2 heterocycles. The van der Waals surface area contributed by atoms with Gasteiger partial charge in [-0.2, -0.15) is 4.98 Å². The van der Waals surface area contributed by atoms with Crippen molar-refractivity contribution in [3.8, 4) is 0 Å². The second kappa shape index (κ2) is 5.31. The molecule has 0 aliphatic carbocycles. The number of hydrogen-bond donors (Lipinski definition) is 3. The van der Waals surface area contributed by atoms with Crippen molar-refractivity contribution < 1.29 is 4.39 Å². The Morgan fingerprint density at radius 1 is 1.25 bits per heavy atom. The molecule has 20 heavy (non-hydrogen) atoms. The number of fused-ring (bicyclic) bond motifs is 1. The van der Waals surface area contributed by atoms with Gasteiger partial charge in [-0.15, -0.1) is 11.3 Å². The highest BCUT2D eigenvalue weighted by Crippen LogP contribution is 2.30. The van der Waals surface area contributed by atoms with Gasteiger partial charge >= 0.3 is 0 Å². The maximum Gasteiger partial charge on any atom is 0.240 e. The van der Waals surface area contributed by atoms with Crippen molar-refractivity contribution in [2.24, 2.45) is 5.84 Å². The quantitative estimate of drug-likeness (QED) is 0.495. The number of hydrogen-bond acceptors (Lipinski definition) is 6. The molecule has 0 radical (unpaired) electrons. The van der Waals surface area contributed by atoms with Crippen molar-refractivity contribution in [1.82, 2.24) is 9.97 Å². The van der Waals surface area contributed by atoms with Crippen LogP contribution < -0.4 is 16.6 Å². The standard InChI is InChI=1S/C12H9BrFN5S/c13-6-1-2-9(8(14)5-6)16-10-7-3-4-20-11(7)18-12(17-10)19-15/h1-5H,15H2,(H2,16,17,18,19). The monoisotopic (exact) mass is 353 g/mol. The molecule has 0 bridgehead atoms. The highest BCUT2D eigenvalue weighted by Gasteiger charge is 2.10. The summed E-state index contributed by atoms with van der Waals surface area (Å²) in [7, 11) is 0. The van der Waals surface area contributed by atoms with E-state index in [9.17, 15) is 4.39 Å². The lowest BCUT2D eigenvalue weighted by molar-refractivity contribution is 0.631. The fraction of sp³-hybridized carbons (Fsp3) is 0. The van der Waals surface area contributed by atoms with E-state index in [0.29, 0.717) is 16.0 Å². The third kappa shape index (κ3) is 2.45. The van der Waals surface area contributed by atoms with Gasteiger partial charge in [0.1, 0.15) is 16.5 Å². The summed E-state index contributed by atoms with van der Waals surface area (Å²) in [5.74, 6) is 5.75. The van der Waals surface area contributed by atoms with Crippen molar-refractivity contribution in [3.05, 3.63) is 39.9 Å². The van der Waals surface area contributed by atoms with E-state index in [1.54, 1.807) is 12.1 Å². The summed E-state index contributed by atoms with van der Waals surface area (Å²) in [6.07, 6.45) is 0. The zero-order valence-electron chi connectivity index (χ0n) is 10.0. The molecule has 102 valence electrons. The van der Waals surface area contributed by atoms with Gasteiger partial charge in [-0.25, -0.2) is 15.2 Å². The molecule has 8 heteroatoms. The van der Waals surface area contributed by atoms with Gasteiger partial charge in [-0.1, -0.05) is 15.9 Å². The van der Waals surface area contributed by atoms with Crippen LogP contribution in [0.5, 0.6) is 0 Å². The van der Waals surface area contributed by atoms with Gasteiger partial charge < -0.3 is 5.32 Å². The van der Waals surface area contributed by atoms with E-state index in [4.69, 9.17) is 5.84 Å². The Kier molecular flexibility index (Phi) is 3.51. The molecule has 3 aromatic rings. The van der Waals surface area contributed by atoms with Crippen LogP contribution in [0.15, 0.2) is 34.1 Å². The number of aromatic nitrogens is 2. The van der Waals surface area contributed by atoms with Crippen LogP contribution in [0.4, 0.5) is 21.8 Å². The topological polar surface area (TPSA) is 75.9 Å². The number of nitrogens with one attached hydrogen (secondary N) is 2. The first-order valence-electron chi connectivity index (χ1n) is 5.61. The molecule has 4 N–H and O–H groups in total. The molecule has 3 rings (SSSR count). The summed E-state index contributed by atoms with van der Waals surface area (Å²) in [6.45, 7) is 0. The van der Waals surface area contributed by atoms with Crippen LogP contribution >= 0.6 is 27.3 Å². The minimum Gasteiger partial charge on any atom is -0.337 e. The number of nitrogens with zero attached hydrogens (tertiary/aromatic N) is 2. The minimum atomic E-state index is -0.372. The van der Waals surface area contributed by atoms with E-state index in [0.717, 1.165) is 10.2 Å². The Balaban J connectivity index is 2.07. The molecule has 0 saturated carbocycles. The van der Waals surface area contributed by atoms with E-state index in [1.165, 1.54) is 17.4 Å². The van der Waals surface area contributed by atoms with Gasteiger partial charge in [0.05, 0.1) is 11.1 Å². The fourth-order valence-electron chi connectivity index (χ4n) is 1.73. The van der Waals surface area contributed by atoms with Crippen LogP contribution in [-0.4, -0.2) is 9.97 Å². The van der Waals surface area contributed by atoms with Crippen molar-refractivity contribution in [2.45, 2.75) is 0 Å². The highest BCUT2D eigenvalue weighted by molar-refractivity contribution is 9.10. The molecule has 1 aromatic carbocycles. The van der Waals surface area contributed by atoms with E-state index in [1.807, 2.05) is 11.4 Å². The van der Waals surface area contributed by atoms with E-state index < -0.39 is 0 Å². The Hall–Kier alpha value is -1.77. The first kappa shape index (κ1) is 13.2. The molecule has 0 aliphatic heterocycles. The van der Waals surface area contributed by atoms with E-state index >= 15 is 0 Å². The first-order chi connectivity index (χ1) is 9.67. The maximum atomic E-state index is 13.9. The number of thiophene rings is 1. The Bertz CT molecular complexity index is 776. The largest absolute Gasteiger partial charge is 0.337 e. The molecule has 0 aliphatic rings. The van der Waals surface area contributed by atoms with Crippen LogP contribution in [0.3, 0.4) is 0 Å². The molecule has 5 nitrogen and oxygen atoms in total. The number of anilines is 3. The number of nitrogens with two attached hydrogens (primary N) is 1. The second-order valence-corrected chi connectivity index (χ2v) is 5.74. The summed E-state index contributed by atoms with van der Waals surface area (Å²) in [4.78, 5) is 9.21. The predicted molar refractivity (Wildman–Crippen MR) is 82.6 cm³/mol. The number of nitrogen functional groups attached to an aromatic ring is 1. The van der Waals surface area contributed by atoms with Crippen molar-refractivity contribution in [2.75, 3.05) is 10.7 Å². The lowest BCUT2D eigenvalue weighted by Crippen LogP contribution is -2.11. The number of hydrazine groups is 1. The Morgan fingerprint density at radius 2 is 2.10 bits per heavy atom. The molecule has 0 saturated heterocycles. The van der Waals surface area contributed by atoms with Crippen molar-refractivity contribution >= 4 is 54.9 Å².